The number of ketones is 1. The summed E-state index contributed by atoms with van der Waals surface area (Å²) in [6.45, 7) is 0.989. The zero-order valence-electron chi connectivity index (χ0n) is 9.07. The van der Waals surface area contributed by atoms with Crippen molar-refractivity contribution >= 4 is 5.78 Å². The molecular weight excluding hydrogens is 190 g/mol. The molecule has 15 heavy (non-hydrogen) atoms. The normalized spacial score (nSPS) is 20.7. The van der Waals surface area contributed by atoms with Gasteiger partial charge in [0.2, 0.25) is 0 Å². The van der Waals surface area contributed by atoms with Gasteiger partial charge in [-0.1, -0.05) is 0 Å². The molecule has 1 atom stereocenters. The maximum atomic E-state index is 11.7. The second-order valence-electron chi connectivity index (χ2n) is 4.14. The number of aryl methyl sites for hydroxylation is 2. The van der Waals surface area contributed by atoms with E-state index < -0.39 is 0 Å². The standard InChI is InChI=1S/C11H17N3O/c1-14-8-9(7-13-14)4-5-11(15)10-3-2-6-12-10/h7-8,10,12H,2-6H2,1H3. The van der Waals surface area contributed by atoms with Crippen molar-refractivity contribution in [1.82, 2.24) is 15.1 Å². The van der Waals surface area contributed by atoms with E-state index >= 15 is 0 Å². The third-order valence-electron chi connectivity index (χ3n) is 2.87. The summed E-state index contributed by atoms with van der Waals surface area (Å²) in [7, 11) is 1.89. The van der Waals surface area contributed by atoms with Gasteiger partial charge >= 0.3 is 0 Å². The van der Waals surface area contributed by atoms with Crippen LogP contribution < -0.4 is 5.32 Å². The second kappa shape index (κ2) is 4.57. The van der Waals surface area contributed by atoms with Crippen molar-refractivity contribution in [3.63, 3.8) is 0 Å². The molecule has 0 radical (unpaired) electrons. The van der Waals surface area contributed by atoms with Gasteiger partial charge in [-0.2, -0.15) is 5.10 Å². The smallest absolute Gasteiger partial charge is 0.150 e. The van der Waals surface area contributed by atoms with E-state index in [1.807, 2.05) is 19.4 Å². The van der Waals surface area contributed by atoms with Gasteiger partial charge in [-0.3, -0.25) is 9.48 Å². The lowest BCUT2D eigenvalue weighted by molar-refractivity contribution is -0.120. The van der Waals surface area contributed by atoms with Crippen LogP contribution in [0.25, 0.3) is 0 Å². The Hall–Kier alpha value is -1.16. The van der Waals surface area contributed by atoms with Gasteiger partial charge in [-0.25, -0.2) is 0 Å². The van der Waals surface area contributed by atoms with E-state index in [9.17, 15) is 4.79 Å². The van der Waals surface area contributed by atoms with E-state index in [1.54, 1.807) is 4.68 Å². The van der Waals surface area contributed by atoms with E-state index in [0.717, 1.165) is 31.4 Å². The Morgan fingerprint density at radius 2 is 2.60 bits per heavy atom. The van der Waals surface area contributed by atoms with Crippen LogP contribution in [0.2, 0.25) is 0 Å². The summed E-state index contributed by atoms with van der Waals surface area (Å²) in [6, 6.07) is 0.113. The van der Waals surface area contributed by atoms with E-state index in [4.69, 9.17) is 0 Å². The van der Waals surface area contributed by atoms with Crippen LogP contribution in [0.1, 0.15) is 24.8 Å². The minimum atomic E-state index is 0.113. The fraction of sp³-hybridized carbons (Fsp3) is 0.636. The second-order valence-corrected chi connectivity index (χ2v) is 4.14. The quantitative estimate of drug-likeness (QED) is 0.789. The molecule has 0 bridgehead atoms. The summed E-state index contributed by atoms with van der Waals surface area (Å²) in [5.41, 5.74) is 1.14. The van der Waals surface area contributed by atoms with Crippen LogP contribution >= 0.6 is 0 Å². The first-order valence-corrected chi connectivity index (χ1v) is 5.49. The summed E-state index contributed by atoms with van der Waals surface area (Å²) in [4.78, 5) is 11.7. The number of Topliss-reactive ketones (excluding diaryl/α,β-unsaturated/α-hetero) is 1. The van der Waals surface area contributed by atoms with E-state index in [-0.39, 0.29) is 6.04 Å². The zero-order valence-corrected chi connectivity index (χ0v) is 9.07. The van der Waals surface area contributed by atoms with Crippen LogP contribution in [-0.4, -0.2) is 28.2 Å². The Morgan fingerprint density at radius 3 is 3.20 bits per heavy atom. The molecule has 2 heterocycles. The molecule has 1 unspecified atom stereocenters. The number of carbonyl (C=O) groups excluding carboxylic acids is 1. The van der Waals surface area contributed by atoms with E-state index in [1.165, 1.54) is 0 Å². The number of nitrogens with zero attached hydrogens (tertiary/aromatic N) is 2. The largest absolute Gasteiger partial charge is 0.307 e. The fourth-order valence-electron chi connectivity index (χ4n) is 2.00. The Bertz CT molecular complexity index is 339. The predicted octanol–water partition coefficient (Wildman–Crippen LogP) is 0.674. The monoisotopic (exact) mass is 207 g/mol. The number of rotatable bonds is 4. The summed E-state index contributed by atoms with van der Waals surface area (Å²) < 4.78 is 1.77. The Labute approximate surface area is 89.7 Å². The molecule has 0 saturated carbocycles. The average molecular weight is 207 g/mol. The van der Waals surface area contributed by atoms with Gasteiger partial charge < -0.3 is 5.32 Å². The van der Waals surface area contributed by atoms with Crippen molar-refractivity contribution in [3.8, 4) is 0 Å². The van der Waals surface area contributed by atoms with Crippen molar-refractivity contribution in [1.29, 1.82) is 0 Å². The molecule has 1 aliphatic heterocycles. The Balaban J connectivity index is 1.80. The van der Waals surface area contributed by atoms with Crippen molar-refractivity contribution in [2.24, 2.45) is 7.05 Å². The lowest BCUT2D eigenvalue weighted by Crippen LogP contribution is -2.30. The lowest BCUT2D eigenvalue weighted by atomic mass is 10.0. The maximum absolute atomic E-state index is 11.7. The van der Waals surface area contributed by atoms with Gasteiger partial charge in [0.1, 0.15) is 5.78 Å². The predicted molar refractivity (Wildman–Crippen MR) is 57.6 cm³/mol. The van der Waals surface area contributed by atoms with Gasteiger partial charge in [0.15, 0.2) is 0 Å². The van der Waals surface area contributed by atoms with E-state index in [0.29, 0.717) is 12.2 Å². The molecule has 1 aromatic heterocycles. The third kappa shape index (κ3) is 2.65. The van der Waals surface area contributed by atoms with Crippen LogP contribution in [0.15, 0.2) is 12.4 Å². The Kier molecular flexibility index (Phi) is 3.16. The van der Waals surface area contributed by atoms with Crippen LogP contribution in [0.4, 0.5) is 0 Å². The molecule has 0 amide bonds. The molecule has 4 nitrogen and oxygen atoms in total. The molecule has 1 aliphatic rings. The summed E-state index contributed by atoms with van der Waals surface area (Å²) >= 11 is 0. The third-order valence-corrected chi connectivity index (χ3v) is 2.87. The van der Waals surface area contributed by atoms with Gasteiger partial charge in [0.05, 0.1) is 12.2 Å². The van der Waals surface area contributed by atoms with Crippen LogP contribution in [0.3, 0.4) is 0 Å². The summed E-state index contributed by atoms with van der Waals surface area (Å²) in [5, 5.41) is 7.31. The van der Waals surface area contributed by atoms with Crippen molar-refractivity contribution in [2.75, 3.05) is 6.54 Å². The van der Waals surface area contributed by atoms with Crippen molar-refractivity contribution in [3.05, 3.63) is 18.0 Å². The first-order valence-electron chi connectivity index (χ1n) is 5.49. The van der Waals surface area contributed by atoms with Crippen LogP contribution in [-0.2, 0) is 18.3 Å². The molecule has 0 aliphatic carbocycles. The molecule has 1 N–H and O–H groups in total. The zero-order chi connectivity index (χ0) is 10.7. The van der Waals surface area contributed by atoms with Gasteiger partial charge in [-0.05, 0) is 31.4 Å². The first kappa shape index (κ1) is 10.4. The topological polar surface area (TPSA) is 46.9 Å². The SMILES string of the molecule is Cn1cc(CCC(=O)C2CCCN2)cn1. The van der Waals surface area contributed by atoms with E-state index in [2.05, 4.69) is 10.4 Å². The van der Waals surface area contributed by atoms with Crippen LogP contribution in [0, 0.1) is 0 Å². The minimum Gasteiger partial charge on any atom is -0.307 e. The lowest BCUT2D eigenvalue weighted by Gasteiger charge is -2.07. The molecule has 4 heteroatoms. The van der Waals surface area contributed by atoms with Crippen molar-refractivity contribution in [2.45, 2.75) is 31.7 Å². The summed E-state index contributed by atoms with van der Waals surface area (Å²) in [6.07, 6.45) is 7.37. The van der Waals surface area contributed by atoms with Crippen LogP contribution in [0.5, 0.6) is 0 Å². The fourth-order valence-corrected chi connectivity index (χ4v) is 2.00. The number of hydrogen-bond donors (Lipinski definition) is 1. The molecule has 0 aromatic carbocycles. The number of carbonyl (C=O) groups is 1. The first-order chi connectivity index (χ1) is 7.25. The number of aromatic nitrogens is 2. The molecule has 2 rings (SSSR count). The van der Waals surface area contributed by atoms with Gasteiger partial charge in [0, 0.05) is 19.7 Å². The minimum absolute atomic E-state index is 0.113. The molecule has 1 aromatic rings. The summed E-state index contributed by atoms with van der Waals surface area (Å²) in [5.74, 6) is 0.344. The maximum Gasteiger partial charge on any atom is 0.150 e. The number of hydrogen-bond acceptors (Lipinski definition) is 3. The molecular formula is C11H17N3O. The molecule has 0 spiro atoms. The molecule has 82 valence electrons. The average Bonchev–Trinajstić information content (AvgIpc) is 2.84. The highest BCUT2D eigenvalue weighted by molar-refractivity contribution is 5.84. The number of nitrogens with one attached hydrogen (secondary N) is 1. The van der Waals surface area contributed by atoms with Crippen molar-refractivity contribution < 1.29 is 4.79 Å². The van der Waals surface area contributed by atoms with Gasteiger partial charge in [0.25, 0.3) is 0 Å². The molecule has 1 saturated heterocycles. The van der Waals surface area contributed by atoms with Gasteiger partial charge in [-0.15, -0.1) is 0 Å². The highest BCUT2D eigenvalue weighted by Crippen LogP contribution is 2.10. The molecule has 1 fully saturated rings. The highest BCUT2D eigenvalue weighted by atomic mass is 16.1. The highest BCUT2D eigenvalue weighted by Gasteiger charge is 2.21. The Morgan fingerprint density at radius 1 is 1.73 bits per heavy atom.